The molecular weight excluding hydrogens is 323 g/mol. The molecule has 0 atom stereocenters. The van der Waals surface area contributed by atoms with Gasteiger partial charge in [-0.05, 0) is 36.4 Å². The number of nitrogens with zero attached hydrogens (tertiary/aromatic N) is 3. The minimum absolute atomic E-state index is 0.303. The number of carbonyl (C=O) groups is 1. The molecule has 1 amide bonds. The Morgan fingerprint density at radius 2 is 1.82 bits per heavy atom. The number of halogens is 2. The van der Waals surface area contributed by atoms with Crippen molar-refractivity contribution in [1.82, 2.24) is 14.8 Å². The highest BCUT2D eigenvalue weighted by Gasteiger charge is 2.11. The zero-order valence-electron chi connectivity index (χ0n) is 11.2. The Kier molecular flexibility index (Phi) is 4.09. The molecule has 22 heavy (non-hydrogen) atoms. The van der Waals surface area contributed by atoms with E-state index in [9.17, 15) is 4.79 Å². The fourth-order valence-corrected chi connectivity index (χ4v) is 2.44. The van der Waals surface area contributed by atoms with Crippen molar-refractivity contribution in [3.05, 3.63) is 70.7 Å². The minimum Gasteiger partial charge on any atom is -0.322 e. The van der Waals surface area contributed by atoms with Gasteiger partial charge in [-0.1, -0.05) is 29.3 Å². The second-order valence-electron chi connectivity index (χ2n) is 4.50. The molecule has 0 fully saturated rings. The molecule has 3 rings (SSSR count). The minimum atomic E-state index is -0.303. The normalized spacial score (nSPS) is 10.5. The summed E-state index contributed by atoms with van der Waals surface area (Å²) < 4.78 is 1.74. The number of aromatic nitrogens is 3. The molecule has 7 heteroatoms. The highest BCUT2D eigenvalue weighted by molar-refractivity contribution is 6.37. The topological polar surface area (TPSA) is 59.8 Å². The van der Waals surface area contributed by atoms with Crippen LogP contribution in [0.3, 0.4) is 0 Å². The average Bonchev–Trinajstić information content (AvgIpc) is 3.01. The Balaban J connectivity index is 1.84. The number of carbonyl (C=O) groups excluding carboxylic acids is 1. The van der Waals surface area contributed by atoms with Gasteiger partial charge in [0.2, 0.25) is 0 Å². The first kappa shape index (κ1) is 14.6. The Labute approximate surface area is 136 Å². The van der Waals surface area contributed by atoms with Crippen molar-refractivity contribution in [2.75, 3.05) is 5.32 Å². The number of amides is 1. The molecule has 3 aromatic rings. The van der Waals surface area contributed by atoms with E-state index in [-0.39, 0.29) is 5.91 Å². The summed E-state index contributed by atoms with van der Waals surface area (Å²) in [7, 11) is 0. The van der Waals surface area contributed by atoms with Gasteiger partial charge in [0.15, 0.2) is 0 Å². The highest BCUT2D eigenvalue weighted by atomic mass is 35.5. The third-order valence-electron chi connectivity index (χ3n) is 3.00. The smallest absolute Gasteiger partial charge is 0.257 e. The fraction of sp³-hybridized carbons (Fsp3) is 0. The van der Waals surface area contributed by atoms with Crippen LogP contribution in [0.25, 0.3) is 5.69 Å². The van der Waals surface area contributed by atoms with Crippen molar-refractivity contribution in [2.45, 2.75) is 0 Å². The Morgan fingerprint density at radius 3 is 2.55 bits per heavy atom. The lowest BCUT2D eigenvalue weighted by Crippen LogP contribution is -2.12. The van der Waals surface area contributed by atoms with Crippen LogP contribution in [0.5, 0.6) is 0 Å². The lowest BCUT2D eigenvalue weighted by Gasteiger charge is -2.09. The molecule has 1 N–H and O–H groups in total. The van der Waals surface area contributed by atoms with Crippen LogP contribution in [0.1, 0.15) is 10.4 Å². The SMILES string of the molecule is O=C(Nc1cccc(-n2cnnc2)c1)c1ccc(Cl)cc1Cl. The van der Waals surface area contributed by atoms with Crippen LogP contribution in [0.4, 0.5) is 5.69 Å². The molecule has 0 spiro atoms. The molecule has 1 aromatic heterocycles. The average molecular weight is 333 g/mol. The molecule has 1 heterocycles. The van der Waals surface area contributed by atoms with E-state index in [1.807, 2.05) is 18.2 Å². The predicted molar refractivity (Wildman–Crippen MR) is 85.8 cm³/mol. The molecule has 0 saturated carbocycles. The molecular formula is C15H10Cl2N4O. The van der Waals surface area contributed by atoms with E-state index in [1.54, 1.807) is 35.4 Å². The maximum absolute atomic E-state index is 12.3. The summed E-state index contributed by atoms with van der Waals surface area (Å²) in [5, 5.41) is 11.1. The molecule has 0 aliphatic rings. The standard InChI is InChI=1S/C15H10Cl2N4O/c16-10-4-5-13(14(17)6-10)15(22)20-11-2-1-3-12(7-11)21-8-18-19-9-21/h1-9H,(H,20,22). The van der Waals surface area contributed by atoms with E-state index >= 15 is 0 Å². The summed E-state index contributed by atoms with van der Waals surface area (Å²) >= 11 is 11.9. The van der Waals surface area contributed by atoms with Crippen LogP contribution < -0.4 is 5.32 Å². The monoisotopic (exact) mass is 332 g/mol. The zero-order valence-corrected chi connectivity index (χ0v) is 12.7. The molecule has 2 aromatic carbocycles. The first-order chi connectivity index (χ1) is 10.6. The summed E-state index contributed by atoms with van der Waals surface area (Å²) in [6.45, 7) is 0. The van der Waals surface area contributed by atoms with Gasteiger partial charge in [0.1, 0.15) is 12.7 Å². The highest BCUT2D eigenvalue weighted by Crippen LogP contribution is 2.22. The summed E-state index contributed by atoms with van der Waals surface area (Å²) in [5.41, 5.74) is 1.84. The van der Waals surface area contributed by atoms with Crippen LogP contribution in [0, 0.1) is 0 Å². The van der Waals surface area contributed by atoms with Gasteiger partial charge in [-0.25, -0.2) is 0 Å². The number of hydrogen-bond donors (Lipinski definition) is 1. The van der Waals surface area contributed by atoms with Gasteiger partial charge >= 0.3 is 0 Å². The Morgan fingerprint density at radius 1 is 1.05 bits per heavy atom. The van der Waals surface area contributed by atoms with Crippen molar-refractivity contribution in [2.24, 2.45) is 0 Å². The van der Waals surface area contributed by atoms with E-state index in [0.29, 0.717) is 21.3 Å². The third-order valence-corrected chi connectivity index (χ3v) is 3.54. The lowest BCUT2D eigenvalue weighted by molar-refractivity contribution is 0.102. The van der Waals surface area contributed by atoms with Gasteiger partial charge in [0, 0.05) is 10.7 Å². The lowest BCUT2D eigenvalue weighted by atomic mass is 10.2. The molecule has 0 radical (unpaired) electrons. The Bertz CT molecular complexity index is 818. The number of rotatable bonds is 3. The summed E-state index contributed by atoms with van der Waals surface area (Å²) in [5.74, 6) is -0.303. The molecule has 5 nitrogen and oxygen atoms in total. The third kappa shape index (κ3) is 3.10. The molecule has 0 unspecified atom stereocenters. The summed E-state index contributed by atoms with van der Waals surface area (Å²) in [6.07, 6.45) is 3.16. The van der Waals surface area contributed by atoms with Crippen LogP contribution >= 0.6 is 23.2 Å². The first-order valence-electron chi connectivity index (χ1n) is 6.35. The van der Waals surface area contributed by atoms with Crippen molar-refractivity contribution in [3.63, 3.8) is 0 Å². The van der Waals surface area contributed by atoms with Gasteiger partial charge < -0.3 is 5.32 Å². The molecule has 0 aliphatic carbocycles. The van der Waals surface area contributed by atoms with E-state index in [1.165, 1.54) is 6.07 Å². The maximum Gasteiger partial charge on any atom is 0.257 e. The number of nitrogens with one attached hydrogen (secondary N) is 1. The zero-order chi connectivity index (χ0) is 15.5. The molecule has 0 aliphatic heterocycles. The quantitative estimate of drug-likeness (QED) is 0.792. The molecule has 0 saturated heterocycles. The van der Waals surface area contributed by atoms with Gasteiger partial charge in [0.05, 0.1) is 16.3 Å². The Hall–Kier alpha value is -2.37. The summed E-state index contributed by atoms with van der Waals surface area (Å²) in [4.78, 5) is 12.3. The van der Waals surface area contributed by atoms with Crippen molar-refractivity contribution in [1.29, 1.82) is 0 Å². The van der Waals surface area contributed by atoms with Gasteiger partial charge in [-0.2, -0.15) is 0 Å². The van der Waals surface area contributed by atoms with E-state index in [4.69, 9.17) is 23.2 Å². The molecule has 110 valence electrons. The van der Waals surface area contributed by atoms with E-state index in [0.717, 1.165) is 5.69 Å². The second kappa shape index (κ2) is 6.17. The second-order valence-corrected chi connectivity index (χ2v) is 5.34. The summed E-state index contributed by atoms with van der Waals surface area (Å²) in [6, 6.07) is 12.1. The predicted octanol–water partition coefficient (Wildman–Crippen LogP) is 3.83. The number of benzene rings is 2. The van der Waals surface area contributed by atoms with Crippen molar-refractivity contribution in [3.8, 4) is 5.69 Å². The van der Waals surface area contributed by atoms with Gasteiger partial charge in [-0.15, -0.1) is 10.2 Å². The fourth-order valence-electron chi connectivity index (χ4n) is 1.95. The van der Waals surface area contributed by atoms with E-state index in [2.05, 4.69) is 15.5 Å². The maximum atomic E-state index is 12.3. The van der Waals surface area contributed by atoms with Crippen LogP contribution in [-0.2, 0) is 0 Å². The van der Waals surface area contributed by atoms with Crippen molar-refractivity contribution < 1.29 is 4.79 Å². The van der Waals surface area contributed by atoms with Crippen LogP contribution in [0.2, 0.25) is 10.0 Å². The van der Waals surface area contributed by atoms with Crippen LogP contribution in [-0.4, -0.2) is 20.7 Å². The van der Waals surface area contributed by atoms with Crippen LogP contribution in [0.15, 0.2) is 55.1 Å². The number of hydrogen-bond acceptors (Lipinski definition) is 3. The van der Waals surface area contributed by atoms with Gasteiger partial charge in [-0.3, -0.25) is 9.36 Å². The van der Waals surface area contributed by atoms with Gasteiger partial charge in [0.25, 0.3) is 5.91 Å². The number of anilines is 1. The van der Waals surface area contributed by atoms with Crippen molar-refractivity contribution >= 4 is 34.8 Å². The van der Waals surface area contributed by atoms with E-state index < -0.39 is 0 Å². The molecule has 0 bridgehead atoms. The first-order valence-corrected chi connectivity index (χ1v) is 7.10. The largest absolute Gasteiger partial charge is 0.322 e.